The van der Waals surface area contributed by atoms with Gasteiger partial charge < -0.3 is 4.74 Å². The van der Waals surface area contributed by atoms with Crippen molar-refractivity contribution in [1.82, 2.24) is 0 Å². The molecule has 0 saturated heterocycles. The predicted molar refractivity (Wildman–Crippen MR) is 62.4 cm³/mol. The van der Waals surface area contributed by atoms with E-state index in [4.69, 9.17) is 15.4 Å². The highest BCUT2D eigenvalue weighted by atomic mass is 35.7. The Morgan fingerprint density at radius 3 is 2.67 bits per heavy atom. The number of ether oxygens (including phenoxy) is 1. The molecule has 2 rings (SSSR count). The molecule has 0 atom stereocenters. The summed E-state index contributed by atoms with van der Waals surface area (Å²) in [6, 6.07) is 2.76. The van der Waals surface area contributed by atoms with E-state index < -0.39 is 26.4 Å². The minimum Gasteiger partial charge on any atom is -0.462 e. The maximum atomic E-state index is 13.4. The molecule has 1 saturated carbocycles. The number of benzene rings is 1. The Bertz CT molecular complexity index is 581. The zero-order valence-electron chi connectivity index (χ0n) is 9.23. The molecule has 1 aliphatic rings. The van der Waals surface area contributed by atoms with E-state index in [0.717, 1.165) is 31.0 Å². The predicted octanol–water partition coefficient (Wildman–Crippen LogP) is 2.32. The fourth-order valence-corrected chi connectivity index (χ4v) is 2.15. The fourth-order valence-electron chi connectivity index (χ4n) is 1.37. The van der Waals surface area contributed by atoms with E-state index in [0.29, 0.717) is 5.92 Å². The summed E-state index contributed by atoms with van der Waals surface area (Å²) in [7, 11) is 1.13. The molecule has 0 unspecified atom stereocenters. The molecule has 1 aliphatic carbocycles. The average molecular weight is 293 g/mol. The van der Waals surface area contributed by atoms with Gasteiger partial charge in [-0.05, 0) is 37.0 Å². The number of carbonyl (C=O) groups is 1. The average Bonchev–Trinajstić information content (AvgIpc) is 3.08. The lowest BCUT2D eigenvalue weighted by Gasteiger charge is -2.05. The van der Waals surface area contributed by atoms with E-state index in [9.17, 15) is 17.6 Å². The smallest absolute Gasteiger partial charge is 0.341 e. The minimum absolute atomic E-state index is 0.232. The Labute approximate surface area is 108 Å². The molecule has 0 aromatic heterocycles. The van der Waals surface area contributed by atoms with Crippen LogP contribution < -0.4 is 0 Å². The molecule has 0 amide bonds. The van der Waals surface area contributed by atoms with Crippen LogP contribution in [0.3, 0.4) is 0 Å². The summed E-state index contributed by atoms with van der Waals surface area (Å²) in [4.78, 5) is 11.2. The van der Waals surface area contributed by atoms with Gasteiger partial charge in [0, 0.05) is 10.7 Å². The second-order valence-electron chi connectivity index (χ2n) is 4.12. The summed E-state index contributed by atoms with van der Waals surface area (Å²) < 4.78 is 40.5. The van der Waals surface area contributed by atoms with Gasteiger partial charge in [0.15, 0.2) is 0 Å². The van der Waals surface area contributed by atoms with Crippen LogP contribution in [0.2, 0.25) is 0 Å². The number of carbonyl (C=O) groups excluding carboxylic acids is 1. The van der Waals surface area contributed by atoms with Crippen molar-refractivity contribution >= 4 is 25.7 Å². The second kappa shape index (κ2) is 4.85. The van der Waals surface area contributed by atoms with Gasteiger partial charge in [-0.3, -0.25) is 0 Å². The molecule has 98 valence electrons. The van der Waals surface area contributed by atoms with Crippen LogP contribution >= 0.6 is 10.7 Å². The van der Waals surface area contributed by atoms with Crippen LogP contribution in [0.5, 0.6) is 0 Å². The van der Waals surface area contributed by atoms with E-state index in [2.05, 4.69) is 0 Å². The molecule has 18 heavy (non-hydrogen) atoms. The van der Waals surface area contributed by atoms with Gasteiger partial charge in [0.25, 0.3) is 9.05 Å². The summed E-state index contributed by atoms with van der Waals surface area (Å²) in [5.41, 5.74) is -0.419. The van der Waals surface area contributed by atoms with Gasteiger partial charge in [-0.2, -0.15) is 0 Å². The van der Waals surface area contributed by atoms with Crippen molar-refractivity contribution in [2.24, 2.45) is 5.92 Å². The summed E-state index contributed by atoms with van der Waals surface area (Å²) in [5, 5.41) is 0. The van der Waals surface area contributed by atoms with Gasteiger partial charge in [0.2, 0.25) is 0 Å². The molecule has 7 heteroatoms. The SMILES string of the molecule is O=C(OCC1CC1)c1cc(S(=O)(=O)Cl)ccc1F. The van der Waals surface area contributed by atoms with Crippen molar-refractivity contribution in [1.29, 1.82) is 0 Å². The van der Waals surface area contributed by atoms with Crippen LogP contribution in [0, 0.1) is 11.7 Å². The summed E-state index contributed by atoms with van der Waals surface area (Å²) in [5.74, 6) is -1.36. The molecule has 1 aromatic carbocycles. The normalized spacial score (nSPS) is 15.4. The Morgan fingerprint density at radius 1 is 1.44 bits per heavy atom. The van der Waals surface area contributed by atoms with E-state index in [1.807, 2.05) is 0 Å². The standard InChI is InChI=1S/C11H10ClFO4S/c12-18(15,16)8-3-4-10(13)9(5-8)11(14)17-6-7-1-2-7/h3-5,7H,1-2,6H2. The van der Waals surface area contributed by atoms with Gasteiger partial charge >= 0.3 is 5.97 Å². The molecule has 0 N–H and O–H groups in total. The van der Waals surface area contributed by atoms with Crippen LogP contribution in [0.1, 0.15) is 23.2 Å². The van der Waals surface area contributed by atoms with Crippen LogP contribution in [0.4, 0.5) is 4.39 Å². The van der Waals surface area contributed by atoms with Gasteiger partial charge in [0.05, 0.1) is 17.1 Å². The van der Waals surface area contributed by atoms with Crippen molar-refractivity contribution < 1.29 is 22.3 Å². The molecular weight excluding hydrogens is 283 g/mol. The third-order valence-corrected chi connectivity index (χ3v) is 3.94. The molecule has 0 spiro atoms. The molecule has 4 nitrogen and oxygen atoms in total. The Balaban J connectivity index is 2.22. The maximum Gasteiger partial charge on any atom is 0.341 e. The van der Waals surface area contributed by atoms with Crippen LogP contribution in [-0.4, -0.2) is 21.0 Å². The highest BCUT2D eigenvalue weighted by Crippen LogP contribution is 2.29. The number of hydrogen-bond acceptors (Lipinski definition) is 4. The number of rotatable bonds is 4. The molecule has 0 radical (unpaired) electrons. The zero-order valence-corrected chi connectivity index (χ0v) is 10.8. The molecule has 1 aromatic rings. The highest BCUT2D eigenvalue weighted by molar-refractivity contribution is 8.13. The van der Waals surface area contributed by atoms with Crippen LogP contribution in [0.15, 0.2) is 23.1 Å². The molecular formula is C11H10ClFO4S. The second-order valence-corrected chi connectivity index (χ2v) is 6.69. The first-order valence-corrected chi connectivity index (χ1v) is 7.60. The molecule has 1 fully saturated rings. The van der Waals surface area contributed by atoms with Gasteiger partial charge in [-0.1, -0.05) is 0 Å². The van der Waals surface area contributed by atoms with E-state index in [1.165, 1.54) is 0 Å². The monoisotopic (exact) mass is 292 g/mol. The lowest BCUT2D eigenvalue weighted by Crippen LogP contribution is -2.10. The third-order valence-electron chi connectivity index (χ3n) is 2.59. The lowest BCUT2D eigenvalue weighted by molar-refractivity contribution is 0.0480. The summed E-state index contributed by atoms with van der Waals surface area (Å²) in [6.45, 7) is 0.232. The van der Waals surface area contributed by atoms with Crippen molar-refractivity contribution in [2.75, 3.05) is 6.61 Å². The number of halogens is 2. The first-order chi connectivity index (χ1) is 8.38. The largest absolute Gasteiger partial charge is 0.462 e. The third kappa shape index (κ3) is 3.20. The zero-order chi connectivity index (χ0) is 13.3. The fraction of sp³-hybridized carbons (Fsp3) is 0.364. The van der Waals surface area contributed by atoms with Crippen molar-refractivity contribution in [3.8, 4) is 0 Å². The van der Waals surface area contributed by atoms with Gasteiger partial charge in [0.1, 0.15) is 5.82 Å². The molecule has 0 bridgehead atoms. The van der Waals surface area contributed by atoms with Crippen molar-refractivity contribution in [3.63, 3.8) is 0 Å². The van der Waals surface area contributed by atoms with Crippen molar-refractivity contribution in [2.45, 2.75) is 17.7 Å². The number of hydrogen-bond donors (Lipinski definition) is 0. The van der Waals surface area contributed by atoms with Crippen LogP contribution in [0.25, 0.3) is 0 Å². The van der Waals surface area contributed by atoms with E-state index >= 15 is 0 Å². The lowest BCUT2D eigenvalue weighted by atomic mass is 10.2. The highest BCUT2D eigenvalue weighted by Gasteiger charge is 2.25. The Morgan fingerprint density at radius 2 is 2.11 bits per heavy atom. The van der Waals surface area contributed by atoms with E-state index in [-0.39, 0.29) is 11.5 Å². The summed E-state index contributed by atoms with van der Waals surface area (Å²) >= 11 is 0. The molecule has 0 aliphatic heterocycles. The van der Waals surface area contributed by atoms with Gasteiger partial charge in [-0.25, -0.2) is 17.6 Å². The first-order valence-electron chi connectivity index (χ1n) is 5.29. The van der Waals surface area contributed by atoms with Crippen LogP contribution in [-0.2, 0) is 13.8 Å². The first kappa shape index (κ1) is 13.3. The topological polar surface area (TPSA) is 60.4 Å². The number of esters is 1. The minimum atomic E-state index is -4.00. The quantitative estimate of drug-likeness (QED) is 0.631. The summed E-state index contributed by atoms with van der Waals surface area (Å²) in [6.07, 6.45) is 1.98. The Hall–Kier alpha value is -1.14. The van der Waals surface area contributed by atoms with E-state index in [1.54, 1.807) is 0 Å². The Kier molecular flexibility index (Phi) is 3.59. The van der Waals surface area contributed by atoms with Crippen molar-refractivity contribution in [3.05, 3.63) is 29.6 Å². The molecule has 0 heterocycles. The maximum absolute atomic E-state index is 13.4. The van der Waals surface area contributed by atoms with Gasteiger partial charge in [-0.15, -0.1) is 0 Å².